The lowest BCUT2D eigenvalue weighted by Crippen LogP contribution is -2.15. The number of aromatic nitrogens is 3. The normalized spacial score (nSPS) is 11.7. The van der Waals surface area contributed by atoms with E-state index in [0.29, 0.717) is 33.2 Å². The number of nitrogens with zero attached hydrogens (tertiary/aromatic N) is 3. The van der Waals surface area contributed by atoms with E-state index in [2.05, 4.69) is 15.5 Å². The van der Waals surface area contributed by atoms with E-state index in [9.17, 15) is 4.79 Å². The van der Waals surface area contributed by atoms with Crippen molar-refractivity contribution in [2.75, 3.05) is 18.2 Å². The second-order valence-electron chi connectivity index (χ2n) is 6.13. The number of amides is 1. The molecule has 0 saturated heterocycles. The number of hydrogen-bond acceptors (Lipinski definition) is 6. The van der Waals surface area contributed by atoms with Gasteiger partial charge in [0.25, 0.3) is 0 Å². The van der Waals surface area contributed by atoms with Crippen LogP contribution in [0.2, 0.25) is 5.02 Å². The van der Waals surface area contributed by atoms with Gasteiger partial charge >= 0.3 is 0 Å². The number of anilines is 1. The molecule has 0 saturated carbocycles. The number of hydrogen-bond donors (Lipinski definition) is 1. The molecule has 29 heavy (non-hydrogen) atoms. The quantitative estimate of drug-likeness (QED) is 0.533. The van der Waals surface area contributed by atoms with Crippen LogP contribution in [-0.2, 0) is 11.8 Å². The van der Waals surface area contributed by atoms with Crippen molar-refractivity contribution < 1.29 is 14.3 Å². The Hall–Kier alpha value is -2.71. The topological polar surface area (TPSA) is 78.3 Å². The van der Waals surface area contributed by atoms with Crippen molar-refractivity contribution in [1.82, 2.24) is 14.8 Å². The maximum absolute atomic E-state index is 12.3. The van der Waals surface area contributed by atoms with E-state index >= 15 is 0 Å². The van der Waals surface area contributed by atoms with Crippen molar-refractivity contribution in [3.05, 3.63) is 59.4 Å². The fraction of sp³-hybridized carbons (Fsp3) is 0.250. The van der Waals surface area contributed by atoms with Gasteiger partial charge < -0.3 is 19.4 Å². The molecule has 7 nitrogen and oxygen atoms in total. The summed E-state index contributed by atoms with van der Waals surface area (Å²) >= 11 is 7.44. The Morgan fingerprint density at radius 2 is 1.86 bits per heavy atom. The number of carbonyl (C=O) groups is 1. The average molecular weight is 433 g/mol. The number of halogens is 1. The summed E-state index contributed by atoms with van der Waals surface area (Å²) in [6.45, 7) is 1.87. The summed E-state index contributed by atoms with van der Waals surface area (Å²) in [4.78, 5) is 12.3. The molecule has 1 heterocycles. The second-order valence-corrected chi connectivity index (χ2v) is 7.48. The number of carbonyl (C=O) groups excluding carboxylic acids is 1. The smallest absolute Gasteiger partial charge is 0.234 e. The zero-order chi connectivity index (χ0) is 20.8. The Bertz CT molecular complexity index is 995. The Morgan fingerprint density at radius 3 is 2.59 bits per heavy atom. The Kier molecular flexibility index (Phi) is 7.00. The van der Waals surface area contributed by atoms with Crippen molar-refractivity contribution in [2.24, 2.45) is 7.05 Å². The highest BCUT2D eigenvalue weighted by Gasteiger charge is 2.19. The Balaban J connectivity index is 1.60. The molecule has 152 valence electrons. The van der Waals surface area contributed by atoms with Gasteiger partial charge in [0.15, 0.2) is 17.1 Å². The lowest BCUT2D eigenvalue weighted by atomic mass is 10.3. The zero-order valence-corrected chi connectivity index (χ0v) is 17.8. The highest BCUT2D eigenvalue weighted by atomic mass is 35.5. The van der Waals surface area contributed by atoms with Crippen LogP contribution in [0.25, 0.3) is 0 Å². The fourth-order valence-corrected chi connectivity index (χ4v) is 3.55. The third kappa shape index (κ3) is 5.21. The van der Waals surface area contributed by atoms with E-state index in [1.807, 2.05) is 42.8 Å². The summed E-state index contributed by atoms with van der Waals surface area (Å²) in [5.74, 6) is 1.85. The van der Waals surface area contributed by atoms with Crippen molar-refractivity contribution in [2.45, 2.75) is 18.2 Å². The third-order valence-corrected chi connectivity index (χ3v) is 5.42. The first-order chi connectivity index (χ1) is 14.0. The van der Waals surface area contributed by atoms with Crippen LogP contribution in [0.15, 0.2) is 53.7 Å². The van der Waals surface area contributed by atoms with E-state index < -0.39 is 0 Å². The van der Waals surface area contributed by atoms with Crippen LogP contribution in [0.4, 0.5) is 5.69 Å². The second kappa shape index (κ2) is 9.67. The lowest BCUT2D eigenvalue weighted by molar-refractivity contribution is -0.113. The van der Waals surface area contributed by atoms with Gasteiger partial charge in [0.1, 0.15) is 11.5 Å². The molecule has 0 aliphatic heterocycles. The average Bonchev–Trinajstić information content (AvgIpc) is 3.09. The first-order valence-corrected chi connectivity index (χ1v) is 10.2. The number of thioether (sulfide) groups is 1. The van der Waals surface area contributed by atoms with Crippen LogP contribution in [0.5, 0.6) is 11.5 Å². The molecule has 1 N–H and O–H groups in total. The highest BCUT2D eigenvalue weighted by Crippen LogP contribution is 2.29. The summed E-state index contributed by atoms with van der Waals surface area (Å²) in [5.41, 5.74) is 0.626. The monoisotopic (exact) mass is 432 g/mol. The van der Waals surface area contributed by atoms with Gasteiger partial charge in [-0.2, -0.15) is 0 Å². The molecule has 1 aromatic heterocycles. The minimum absolute atomic E-state index is 0.163. The molecule has 1 unspecified atom stereocenters. The summed E-state index contributed by atoms with van der Waals surface area (Å²) in [6.07, 6.45) is -0.357. The summed E-state index contributed by atoms with van der Waals surface area (Å²) in [5, 5.41) is 12.4. The molecule has 1 amide bonds. The molecule has 3 aromatic rings. The van der Waals surface area contributed by atoms with E-state index in [4.69, 9.17) is 21.1 Å². The number of nitrogens with one attached hydrogen (secondary N) is 1. The Labute approximate surface area is 178 Å². The van der Waals surface area contributed by atoms with E-state index in [-0.39, 0.29) is 17.8 Å². The number of para-hydroxylation sites is 3. The largest absolute Gasteiger partial charge is 0.495 e. The van der Waals surface area contributed by atoms with E-state index in [0.717, 1.165) is 0 Å². The maximum Gasteiger partial charge on any atom is 0.234 e. The maximum atomic E-state index is 12.3. The van der Waals surface area contributed by atoms with Gasteiger partial charge in [-0.15, -0.1) is 10.2 Å². The standard InChI is InChI=1S/C20H21ClN4O3S/c1-13(28-16-10-6-4-8-14(16)21)19-23-24-20(25(19)2)29-12-18(26)22-15-9-5-7-11-17(15)27-3/h4-11,13H,12H2,1-3H3,(H,22,26). The van der Waals surface area contributed by atoms with Crippen molar-refractivity contribution in [1.29, 1.82) is 0 Å². The first-order valence-electron chi connectivity index (χ1n) is 8.85. The lowest BCUT2D eigenvalue weighted by Gasteiger charge is -2.15. The van der Waals surface area contributed by atoms with Crippen LogP contribution in [-0.4, -0.2) is 33.5 Å². The van der Waals surface area contributed by atoms with E-state index in [1.165, 1.54) is 11.8 Å². The van der Waals surface area contributed by atoms with Crippen molar-refractivity contribution >= 4 is 35.0 Å². The molecular formula is C20H21ClN4O3S. The van der Waals surface area contributed by atoms with Crippen molar-refractivity contribution in [3.8, 4) is 11.5 Å². The molecule has 3 rings (SSSR count). The summed E-state index contributed by atoms with van der Waals surface area (Å²) < 4.78 is 12.9. The minimum atomic E-state index is -0.357. The van der Waals surface area contributed by atoms with Crippen LogP contribution in [0.3, 0.4) is 0 Å². The molecule has 0 radical (unpaired) electrons. The van der Waals surface area contributed by atoms with Gasteiger partial charge in [-0.05, 0) is 31.2 Å². The minimum Gasteiger partial charge on any atom is -0.495 e. The first kappa shape index (κ1) is 21.0. The van der Waals surface area contributed by atoms with Gasteiger partial charge in [-0.1, -0.05) is 47.6 Å². The Morgan fingerprint density at radius 1 is 1.17 bits per heavy atom. The molecule has 0 bridgehead atoms. The van der Waals surface area contributed by atoms with Crippen LogP contribution in [0.1, 0.15) is 18.9 Å². The third-order valence-electron chi connectivity index (χ3n) is 4.09. The van der Waals surface area contributed by atoms with Crippen LogP contribution in [0, 0.1) is 0 Å². The molecule has 0 aliphatic rings. The number of ether oxygens (including phenoxy) is 2. The van der Waals surface area contributed by atoms with Gasteiger partial charge in [0.2, 0.25) is 5.91 Å². The number of benzene rings is 2. The summed E-state index contributed by atoms with van der Waals surface area (Å²) in [6, 6.07) is 14.5. The fourth-order valence-electron chi connectivity index (χ4n) is 2.65. The van der Waals surface area contributed by atoms with Gasteiger partial charge in [-0.3, -0.25) is 4.79 Å². The van der Waals surface area contributed by atoms with Crippen molar-refractivity contribution in [3.63, 3.8) is 0 Å². The van der Waals surface area contributed by atoms with Crippen LogP contribution < -0.4 is 14.8 Å². The summed E-state index contributed by atoms with van der Waals surface area (Å²) in [7, 11) is 3.40. The molecule has 0 aliphatic carbocycles. The molecule has 2 aromatic carbocycles. The predicted molar refractivity (Wildman–Crippen MR) is 114 cm³/mol. The van der Waals surface area contributed by atoms with Gasteiger partial charge in [0, 0.05) is 7.05 Å². The molecule has 9 heteroatoms. The van der Waals surface area contributed by atoms with Crippen LogP contribution >= 0.6 is 23.4 Å². The molecule has 1 atom stereocenters. The molecule has 0 spiro atoms. The predicted octanol–water partition coefficient (Wildman–Crippen LogP) is 4.35. The molecule has 0 fully saturated rings. The highest BCUT2D eigenvalue weighted by molar-refractivity contribution is 7.99. The van der Waals surface area contributed by atoms with Gasteiger partial charge in [-0.25, -0.2) is 0 Å². The zero-order valence-electron chi connectivity index (χ0n) is 16.3. The number of rotatable bonds is 8. The molecular weight excluding hydrogens is 412 g/mol. The van der Waals surface area contributed by atoms with Gasteiger partial charge in [0.05, 0.1) is 23.6 Å². The SMILES string of the molecule is COc1ccccc1NC(=O)CSc1nnc(C(C)Oc2ccccc2Cl)n1C. The van der Waals surface area contributed by atoms with E-state index in [1.54, 1.807) is 31.4 Å². The number of methoxy groups -OCH3 is 1.